The van der Waals surface area contributed by atoms with E-state index in [-0.39, 0.29) is 18.3 Å². The number of amides is 1. The number of carbonyl (C=O) groups excluding carboxylic acids is 2. The fraction of sp³-hybridized carbons (Fsp3) is 0.333. The predicted molar refractivity (Wildman–Crippen MR) is 129 cm³/mol. The Labute approximate surface area is 207 Å². The van der Waals surface area contributed by atoms with Crippen LogP contribution in [0.4, 0.5) is 8.78 Å². The van der Waals surface area contributed by atoms with Crippen LogP contribution in [-0.2, 0) is 4.79 Å². The molecular formula is C27H27F2N3O4. The van der Waals surface area contributed by atoms with Crippen LogP contribution < -0.4 is 10.2 Å². The van der Waals surface area contributed by atoms with E-state index >= 15 is 0 Å². The van der Waals surface area contributed by atoms with Crippen molar-refractivity contribution >= 4 is 11.9 Å². The lowest BCUT2D eigenvalue weighted by atomic mass is 9.83. The molecule has 1 amide bonds. The maximum atomic E-state index is 14.3. The molecule has 1 aliphatic heterocycles. The molecule has 0 spiro atoms. The van der Waals surface area contributed by atoms with Crippen molar-refractivity contribution in [1.29, 1.82) is 0 Å². The Bertz CT molecular complexity index is 1320. The Balaban J connectivity index is 1.98. The molecule has 1 aromatic heterocycles. The monoisotopic (exact) mass is 495 g/mol. The number of halogens is 2. The minimum atomic E-state index is -0.707. The normalized spacial score (nSPS) is 15.5. The van der Waals surface area contributed by atoms with Crippen LogP contribution in [0.2, 0.25) is 0 Å². The van der Waals surface area contributed by atoms with E-state index in [4.69, 9.17) is 4.74 Å². The summed E-state index contributed by atoms with van der Waals surface area (Å²) >= 11 is 0. The van der Waals surface area contributed by atoms with Gasteiger partial charge in [-0.05, 0) is 49.2 Å². The number of benzene rings is 2. The van der Waals surface area contributed by atoms with Gasteiger partial charge in [-0.3, -0.25) is 19.1 Å². The van der Waals surface area contributed by atoms with Gasteiger partial charge in [0.2, 0.25) is 11.2 Å². The summed E-state index contributed by atoms with van der Waals surface area (Å²) in [4.78, 5) is 40.2. The third-order valence-electron chi connectivity index (χ3n) is 6.23. The van der Waals surface area contributed by atoms with Gasteiger partial charge in [-0.15, -0.1) is 0 Å². The highest BCUT2D eigenvalue weighted by Gasteiger charge is 2.41. The fourth-order valence-electron chi connectivity index (χ4n) is 4.44. The van der Waals surface area contributed by atoms with Gasteiger partial charge in [0, 0.05) is 18.5 Å². The van der Waals surface area contributed by atoms with E-state index in [2.05, 4.69) is 5.10 Å². The molecule has 1 atom stereocenters. The SMILES string of the molecule is CC(C)C(=O)Oc1c2n(ncc1=O)[C@@H](C(c1cccc(F)c1)c1cccc(F)c1)CN(C(C)C)C2=O. The molecule has 4 rings (SSSR count). The highest BCUT2D eigenvalue weighted by molar-refractivity contribution is 5.97. The Morgan fingerprint density at radius 3 is 2.08 bits per heavy atom. The van der Waals surface area contributed by atoms with E-state index in [1.807, 2.05) is 13.8 Å². The lowest BCUT2D eigenvalue weighted by molar-refractivity contribution is -0.137. The summed E-state index contributed by atoms with van der Waals surface area (Å²) in [7, 11) is 0. The van der Waals surface area contributed by atoms with Gasteiger partial charge in [0.1, 0.15) is 11.6 Å². The first-order chi connectivity index (χ1) is 17.1. The highest BCUT2D eigenvalue weighted by Crippen LogP contribution is 2.40. The smallest absolute Gasteiger partial charge is 0.313 e. The number of esters is 1. The average Bonchev–Trinajstić information content (AvgIpc) is 2.82. The maximum absolute atomic E-state index is 14.3. The summed E-state index contributed by atoms with van der Waals surface area (Å²) in [5.74, 6) is -3.72. The lowest BCUT2D eigenvalue weighted by Gasteiger charge is -2.41. The second kappa shape index (κ2) is 10.0. The van der Waals surface area contributed by atoms with Gasteiger partial charge in [0.05, 0.1) is 18.2 Å². The van der Waals surface area contributed by atoms with Crippen LogP contribution in [0, 0.1) is 17.6 Å². The Morgan fingerprint density at radius 2 is 1.58 bits per heavy atom. The first kappa shape index (κ1) is 25.2. The molecule has 0 unspecified atom stereocenters. The molecule has 0 saturated heterocycles. The molecule has 0 aliphatic carbocycles. The third kappa shape index (κ3) is 4.78. The van der Waals surface area contributed by atoms with E-state index in [9.17, 15) is 23.2 Å². The largest absolute Gasteiger partial charge is 0.420 e. The van der Waals surface area contributed by atoms with Crippen molar-refractivity contribution in [3.05, 3.63) is 93.4 Å². The Morgan fingerprint density at radius 1 is 1.00 bits per heavy atom. The molecular weight excluding hydrogens is 468 g/mol. The molecule has 2 aromatic carbocycles. The van der Waals surface area contributed by atoms with E-state index in [0.29, 0.717) is 11.1 Å². The Kier molecular flexibility index (Phi) is 7.01. The van der Waals surface area contributed by atoms with Crippen LogP contribution in [0.3, 0.4) is 0 Å². The second-order valence-electron chi connectivity index (χ2n) is 9.41. The molecule has 188 valence electrons. The van der Waals surface area contributed by atoms with Crippen LogP contribution >= 0.6 is 0 Å². The zero-order valence-corrected chi connectivity index (χ0v) is 20.4. The number of aromatic nitrogens is 2. The van der Waals surface area contributed by atoms with Crippen LogP contribution in [0.1, 0.15) is 61.3 Å². The molecule has 3 aromatic rings. The number of carbonyl (C=O) groups is 2. The van der Waals surface area contributed by atoms with Crippen molar-refractivity contribution in [2.24, 2.45) is 5.92 Å². The summed E-state index contributed by atoms with van der Waals surface area (Å²) in [5, 5.41) is 4.25. The molecule has 1 aliphatic rings. The summed E-state index contributed by atoms with van der Waals surface area (Å²) < 4.78 is 35.4. The van der Waals surface area contributed by atoms with Gasteiger partial charge in [-0.25, -0.2) is 8.78 Å². The third-order valence-corrected chi connectivity index (χ3v) is 6.23. The lowest BCUT2D eigenvalue weighted by Crippen LogP contribution is -2.50. The van der Waals surface area contributed by atoms with E-state index in [0.717, 1.165) is 6.20 Å². The number of fused-ring (bicyclic) bond motifs is 1. The quantitative estimate of drug-likeness (QED) is 0.476. The van der Waals surface area contributed by atoms with Crippen LogP contribution in [0.15, 0.2) is 59.5 Å². The molecule has 0 N–H and O–H groups in total. The van der Waals surface area contributed by atoms with Crippen LogP contribution in [0.5, 0.6) is 5.75 Å². The minimum Gasteiger partial charge on any atom is -0.420 e. The summed E-state index contributed by atoms with van der Waals surface area (Å²) in [6.07, 6.45) is 0.992. The van der Waals surface area contributed by atoms with Gasteiger partial charge in [-0.1, -0.05) is 38.1 Å². The van der Waals surface area contributed by atoms with Crippen molar-refractivity contribution in [1.82, 2.24) is 14.7 Å². The summed E-state index contributed by atoms with van der Waals surface area (Å²) in [5.41, 5.74) is 0.201. The zero-order valence-electron chi connectivity index (χ0n) is 20.4. The van der Waals surface area contributed by atoms with E-state index in [1.54, 1.807) is 43.0 Å². The molecule has 0 saturated carbocycles. The van der Waals surface area contributed by atoms with Crippen molar-refractivity contribution in [2.75, 3.05) is 6.54 Å². The average molecular weight is 496 g/mol. The second-order valence-corrected chi connectivity index (χ2v) is 9.41. The molecule has 2 heterocycles. The van der Waals surface area contributed by atoms with Gasteiger partial charge in [-0.2, -0.15) is 5.10 Å². The van der Waals surface area contributed by atoms with Gasteiger partial charge >= 0.3 is 5.97 Å². The first-order valence-corrected chi connectivity index (χ1v) is 11.7. The van der Waals surface area contributed by atoms with Gasteiger partial charge in [0.15, 0.2) is 5.69 Å². The van der Waals surface area contributed by atoms with Crippen molar-refractivity contribution < 1.29 is 23.1 Å². The molecule has 7 nitrogen and oxygen atoms in total. The van der Waals surface area contributed by atoms with Gasteiger partial charge < -0.3 is 9.64 Å². The summed E-state index contributed by atoms with van der Waals surface area (Å²) in [6.45, 7) is 7.01. The molecule has 9 heteroatoms. The van der Waals surface area contributed by atoms with Gasteiger partial charge in [0.25, 0.3) is 5.91 Å². The maximum Gasteiger partial charge on any atom is 0.313 e. The number of ether oxygens (including phenoxy) is 1. The molecule has 0 radical (unpaired) electrons. The molecule has 36 heavy (non-hydrogen) atoms. The van der Waals surface area contributed by atoms with Crippen molar-refractivity contribution in [3.63, 3.8) is 0 Å². The number of rotatable bonds is 6. The Hall–Kier alpha value is -3.88. The van der Waals surface area contributed by atoms with E-state index in [1.165, 1.54) is 28.9 Å². The van der Waals surface area contributed by atoms with Crippen LogP contribution in [-0.4, -0.2) is 39.1 Å². The number of hydrogen-bond donors (Lipinski definition) is 0. The number of hydrogen-bond acceptors (Lipinski definition) is 5. The van der Waals surface area contributed by atoms with E-state index < -0.39 is 52.6 Å². The first-order valence-electron chi connectivity index (χ1n) is 11.7. The zero-order chi connectivity index (χ0) is 26.1. The standard InChI is InChI=1S/C27H27F2N3O4/c1-15(2)27(35)36-25-22(33)13-30-32-21(14-31(16(3)4)26(34)24(25)32)23(17-7-5-9-19(28)11-17)18-8-6-10-20(29)12-18/h5-13,15-16,21,23H,14H2,1-4H3/t21-/m1/s1. The molecule has 0 fully saturated rings. The fourth-order valence-corrected chi connectivity index (χ4v) is 4.44. The predicted octanol–water partition coefficient (Wildman–Crippen LogP) is 4.32. The van der Waals surface area contributed by atoms with Crippen molar-refractivity contribution in [2.45, 2.75) is 45.7 Å². The topological polar surface area (TPSA) is 81.5 Å². The highest BCUT2D eigenvalue weighted by atomic mass is 19.1. The van der Waals surface area contributed by atoms with Crippen LogP contribution in [0.25, 0.3) is 0 Å². The molecule has 0 bridgehead atoms. The van der Waals surface area contributed by atoms with Crippen molar-refractivity contribution in [3.8, 4) is 5.75 Å². The number of nitrogens with zero attached hydrogens (tertiary/aromatic N) is 3. The minimum absolute atomic E-state index is 0.147. The summed E-state index contributed by atoms with van der Waals surface area (Å²) in [6, 6.07) is 10.9.